The van der Waals surface area contributed by atoms with Gasteiger partial charge in [0.15, 0.2) is 0 Å². The quantitative estimate of drug-likeness (QED) is 0.443. The van der Waals surface area contributed by atoms with Crippen LogP contribution in [0, 0.1) is 0 Å². The lowest BCUT2D eigenvalue weighted by Crippen LogP contribution is -2.57. The summed E-state index contributed by atoms with van der Waals surface area (Å²) in [6, 6.07) is 0. The first kappa shape index (κ1) is 19.1. The van der Waals surface area contributed by atoms with E-state index >= 15 is 0 Å². The first-order valence-electron chi connectivity index (χ1n) is 8.08. The number of aromatic amines is 1. The van der Waals surface area contributed by atoms with Crippen LogP contribution in [0.1, 0.15) is 26.0 Å². The molecular weight excluding hydrogens is 333 g/mol. The molecule has 0 amide bonds. The molecule has 9 heteroatoms. The van der Waals surface area contributed by atoms with E-state index in [1.165, 1.54) is 10.9 Å². The van der Waals surface area contributed by atoms with E-state index in [4.69, 9.17) is 4.74 Å². The summed E-state index contributed by atoms with van der Waals surface area (Å²) >= 11 is 0. The van der Waals surface area contributed by atoms with E-state index in [9.17, 15) is 19.8 Å². The van der Waals surface area contributed by atoms with Crippen LogP contribution in [0.5, 0.6) is 0 Å². The highest BCUT2D eigenvalue weighted by molar-refractivity contribution is 7.72. The maximum absolute atomic E-state index is 12.1. The molecule has 1 aliphatic rings. The first-order valence-corrected chi connectivity index (χ1v) is 11.1. The van der Waals surface area contributed by atoms with Crippen molar-refractivity contribution in [1.29, 1.82) is 0 Å². The lowest BCUT2D eigenvalue weighted by atomic mass is 10.1. The second-order valence-electron chi connectivity index (χ2n) is 6.95. The summed E-state index contributed by atoms with van der Waals surface area (Å²) in [7, 11) is 0. The van der Waals surface area contributed by atoms with E-state index in [-0.39, 0.29) is 0 Å². The summed E-state index contributed by atoms with van der Waals surface area (Å²) in [5.41, 5.74) is -1.18. The number of ether oxygens (including phenoxy) is 1. The monoisotopic (exact) mass is 360 g/mol. The van der Waals surface area contributed by atoms with Gasteiger partial charge in [0.25, 0.3) is 0 Å². The van der Waals surface area contributed by atoms with Crippen LogP contribution in [0.2, 0.25) is 0 Å². The molecule has 2 rings (SSSR count). The van der Waals surface area contributed by atoms with Gasteiger partial charge in [-0.25, -0.2) is 14.2 Å². The highest BCUT2D eigenvalue weighted by atomic mass is 31.2. The molecule has 1 aromatic rings. The number of rotatable bonds is 6. The molecule has 0 saturated carbocycles. The molecule has 24 heavy (non-hydrogen) atoms. The van der Waals surface area contributed by atoms with Crippen LogP contribution in [0.15, 0.2) is 15.9 Å². The molecule has 0 spiro atoms. The zero-order valence-electron chi connectivity index (χ0n) is 14.4. The predicted octanol–water partition coefficient (Wildman–Crippen LogP) is -1.05. The van der Waals surface area contributed by atoms with Gasteiger partial charge in [-0.1, -0.05) is 6.92 Å². The van der Waals surface area contributed by atoms with Gasteiger partial charge in [0, 0.05) is 0 Å². The van der Waals surface area contributed by atoms with Crippen molar-refractivity contribution in [3.05, 3.63) is 27.3 Å². The Morgan fingerprint density at radius 3 is 2.62 bits per heavy atom. The Morgan fingerprint density at radius 1 is 1.38 bits per heavy atom. The Hall–Kier alpha value is -1.21. The molecule has 2 heterocycles. The van der Waals surface area contributed by atoms with Gasteiger partial charge < -0.3 is 14.9 Å². The van der Waals surface area contributed by atoms with Crippen LogP contribution in [0.25, 0.3) is 0 Å². The number of nitrogens with zero attached hydrogens (tertiary/aromatic N) is 2. The Bertz CT molecular complexity index is 737. The Kier molecular flexibility index (Phi) is 5.86. The SMILES string of the molecule is C=P(C)(C)CC[C@H]1OC(n2c[n+](CCC)c(=O)[nH]c2=O)[C@H](O)[C@@H]1O. The van der Waals surface area contributed by atoms with Gasteiger partial charge >= 0.3 is 11.4 Å². The van der Waals surface area contributed by atoms with Crippen LogP contribution in [0.4, 0.5) is 0 Å². The van der Waals surface area contributed by atoms with Gasteiger partial charge in [0.05, 0.1) is 12.6 Å². The molecule has 8 nitrogen and oxygen atoms in total. The molecule has 4 atom stereocenters. The molecule has 1 aromatic heterocycles. The van der Waals surface area contributed by atoms with E-state index < -0.39 is 42.8 Å². The third-order valence-corrected chi connectivity index (χ3v) is 5.54. The Labute approximate surface area is 140 Å². The molecule has 1 unspecified atom stereocenters. The second kappa shape index (κ2) is 7.35. The van der Waals surface area contributed by atoms with Crippen molar-refractivity contribution in [3.8, 4) is 0 Å². The van der Waals surface area contributed by atoms with Crippen molar-refractivity contribution in [2.75, 3.05) is 19.5 Å². The third kappa shape index (κ3) is 4.25. The van der Waals surface area contributed by atoms with Gasteiger partial charge in [-0.05, 0) is 32.3 Å². The van der Waals surface area contributed by atoms with Gasteiger partial charge in [-0.2, -0.15) is 9.55 Å². The standard InChI is InChI=1S/C15H26N3O5P/c1-5-7-17-9-18(15(22)16-14(17)21)13-12(20)11(19)10(23-13)6-8-24(2,3)4/h9-13,19-20H,2,5-8H2,1,3-4H3/p+1/t10-,11-,12-,13?/m1/s1. The van der Waals surface area contributed by atoms with Crippen LogP contribution in [-0.4, -0.2) is 63.9 Å². The minimum atomic E-state index is -1.28. The fourth-order valence-corrected chi connectivity index (χ4v) is 3.69. The highest BCUT2D eigenvalue weighted by Crippen LogP contribution is 2.39. The summed E-state index contributed by atoms with van der Waals surface area (Å²) in [6.45, 7) is 5.23. The summed E-state index contributed by atoms with van der Waals surface area (Å²) < 4.78 is 8.22. The first-order chi connectivity index (χ1) is 11.1. The third-order valence-electron chi connectivity index (χ3n) is 4.07. The summed E-state index contributed by atoms with van der Waals surface area (Å²) in [4.78, 5) is 26.0. The number of H-pyrrole nitrogens is 1. The molecule has 0 aromatic carbocycles. The number of hydrogen-bond donors (Lipinski definition) is 3. The minimum Gasteiger partial charge on any atom is -0.387 e. The smallest absolute Gasteiger partial charge is 0.387 e. The number of aliphatic hydroxyl groups is 2. The summed E-state index contributed by atoms with van der Waals surface area (Å²) in [6.07, 6.45) is 3.64. The van der Waals surface area contributed by atoms with Crippen molar-refractivity contribution in [2.24, 2.45) is 0 Å². The largest absolute Gasteiger partial charge is 0.448 e. The lowest BCUT2D eigenvalue weighted by molar-refractivity contribution is -0.719. The molecule has 136 valence electrons. The topological polar surface area (TPSA) is 108 Å². The summed E-state index contributed by atoms with van der Waals surface area (Å²) in [5.74, 6) is 0. The number of hydrogen-bond acceptors (Lipinski definition) is 5. The molecule has 0 aliphatic carbocycles. The minimum absolute atomic E-state index is 0.435. The Morgan fingerprint density at radius 2 is 2.04 bits per heavy atom. The zero-order chi connectivity index (χ0) is 18.1. The lowest BCUT2D eigenvalue weighted by Gasteiger charge is -2.18. The zero-order valence-corrected chi connectivity index (χ0v) is 15.3. The molecule has 1 fully saturated rings. The number of nitrogens with one attached hydrogen (secondary N) is 1. The van der Waals surface area contributed by atoms with Crippen LogP contribution < -0.4 is 15.9 Å². The van der Waals surface area contributed by atoms with E-state index in [1.54, 1.807) is 0 Å². The fraction of sp³-hybridized carbons (Fsp3) is 0.733. The van der Waals surface area contributed by atoms with Gasteiger partial charge in [-0.15, -0.1) is 13.2 Å². The average molecular weight is 360 g/mol. The molecular formula is C15H27N3O5P+. The van der Waals surface area contributed by atoms with E-state index in [0.717, 1.165) is 10.7 Å². The predicted molar refractivity (Wildman–Crippen MR) is 93.1 cm³/mol. The van der Waals surface area contributed by atoms with E-state index in [1.807, 2.05) is 6.92 Å². The van der Waals surface area contributed by atoms with Crippen molar-refractivity contribution < 1.29 is 19.5 Å². The number of aromatic nitrogens is 3. The van der Waals surface area contributed by atoms with Crippen molar-refractivity contribution >= 4 is 13.2 Å². The number of aryl methyl sites for hydroxylation is 1. The van der Waals surface area contributed by atoms with Crippen molar-refractivity contribution in [3.63, 3.8) is 0 Å². The molecule has 1 aliphatic heterocycles. The van der Waals surface area contributed by atoms with Crippen LogP contribution >= 0.6 is 6.89 Å². The van der Waals surface area contributed by atoms with Crippen molar-refractivity contribution in [1.82, 2.24) is 9.55 Å². The van der Waals surface area contributed by atoms with Gasteiger partial charge in [-0.3, -0.25) is 0 Å². The van der Waals surface area contributed by atoms with Crippen LogP contribution in [0.3, 0.4) is 0 Å². The van der Waals surface area contributed by atoms with Gasteiger partial charge in [0.1, 0.15) is 12.2 Å². The van der Waals surface area contributed by atoms with Gasteiger partial charge in [0.2, 0.25) is 12.6 Å². The number of aliphatic hydroxyl groups excluding tert-OH is 2. The second-order valence-corrected chi connectivity index (χ2v) is 11.3. The highest BCUT2D eigenvalue weighted by Gasteiger charge is 2.46. The van der Waals surface area contributed by atoms with Crippen LogP contribution in [-0.2, 0) is 11.3 Å². The molecule has 3 N–H and O–H groups in total. The average Bonchev–Trinajstić information content (AvgIpc) is 2.75. The fourth-order valence-electron chi connectivity index (χ4n) is 2.74. The Balaban J connectivity index is 2.26. The summed E-state index contributed by atoms with van der Waals surface area (Å²) in [5, 5.41) is 20.5. The van der Waals surface area contributed by atoms with E-state index in [0.29, 0.717) is 19.4 Å². The normalized spacial score (nSPS) is 27.5. The molecule has 1 saturated heterocycles. The molecule has 0 radical (unpaired) electrons. The van der Waals surface area contributed by atoms with Crippen molar-refractivity contribution in [2.45, 2.75) is 50.8 Å². The maximum atomic E-state index is 12.1. The maximum Gasteiger partial charge on any atom is 0.448 e. The molecule has 0 bridgehead atoms. The van der Waals surface area contributed by atoms with E-state index in [2.05, 4.69) is 24.6 Å².